The lowest BCUT2D eigenvalue weighted by molar-refractivity contribution is 0.318. The zero-order valence-corrected chi connectivity index (χ0v) is 11.5. The summed E-state index contributed by atoms with van der Waals surface area (Å²) in [7, 11) is 0. The lowest BCUT2D eigenvalue weighted by Crippen LogP contribution is -2.13. The Labute approximate surface area is 124 Å². The summed E-state index contributed by atoms with van der Waals surface area (Å²) in [4.78, 5) is 0. The van der Waals surface area contributed by atoms with Gasteiger partial charge in [-0.05, 0) is 23.8 Å². The van der Waals surface area contributed by atoms with E-state index in [2.05, 4.69) is 10.5 Å². The van der Waals surface area contributed by atoms with Crippen LogP contribution < -0.4 is 11.1 Å². The van der Waals surface area contributed by atoms with E-state index < -0.39 is 11.6 Å². The van der Waals surface area contributed by atoms with Gasteiger partial charge in [-0.15, -0.1) is 0 Å². The van der Waals surface area contributed by atoms with Gasteiger partial charge in [-0.1, -0.05) is 28.9 Å². The van der Waals surface area contributed by atoms with Gasteiger partial charge in [0.1, 0.15) is 11.6 Å². The third kappa shape index (κ3) is 3.82. The van der Waals surface area contributed by atoms with Crippen LogP contribution in [0.5, 0.6) is 0 Å². The Hall–Kier alpha value is -2.34. The summed E-state index contributed by atoms with van der Waals surface area (Å²) in [5.74, 6) is -1.37. The highest BCUT2D eigenvalue weighted by Gasteiger charge is 2.06. The van der Waals surface area contributed by atoms with E-state index in [4.69, 9.17) is 22.5 Å². The van der Waals surface area contributed by atoms with Crippen molar-refractivity contribution in [3.05, 3.63) is 64.2 Å². The molecule has 0 aliphatic heterocycles. The number of rotatable bonds is 4. The third-order valence-corrected chi connectivity index (χ3v) is 3.15. The number of anilines is 1. The second-order valence-corrected chi connectivity index (χ2v) is 4.71. The number of oxime groups is 1. The van der Waals surface area contributed by atoms with Gasteiger partial charge < -0.3 is 16.3 Å². The van der Waals surface area contributed by atoms with Gasteiger partial charge in [0.05, 0.1) is 0 Å². The van der Waals surface area contributed by atoms with Gasteiger partial charge in [0, 0.05) is 28.9 Å². The first-order valence-corrected chi connectivity index (χ1v) is 6.33. The van der Waals surface area contributed by atoms with E-state index >= 15 is 0 Å². The lowest BCUT2D eigenvalue weighted by Gasteiger charge is -2.09. The summed E-state index contributed by atoms with van der Waals surface area (Å²) in [6.07, 6.45) is 0. The normalized spacial score (nSPS) is 11.5. The lowest BCUT2D eigenvalue weighted by atomic mass is 10.1. The Morgan fingerprint density at radius 2 is 1.86 bits per heavy atom. The Kier molecular flexibility index (Phi) is 4.59. The fraction of sp³-hybridized carbons (Fsp3) is 0.0714. The molecule has 0 atom stereocenters. The summed E-state index contributed by atoms with van der Waals surface area (Å²) in [5.41, 5.74) is 6.94. The number of hydrogen-bond donors (Lipinski definition) is 3. The fourth-order valence-electron chi connectivity index (χ4n) is 1.76. The van der Waals surface area contributed by atoms with Crippen molar-refractivity contribution in [1.29, 1.82) is 0 Å². The molecule has 0 bridgehead atoms. The average Bonchev–Trinajstić information content (AvgIpc) is 2.44. The molecular formula is C14H12ClF2N3O. The Morgan fingerprint density at radius 3 is 2.43 bits per heavy atom. The number of amidine groups is 1. The van der Waals surface area contributed by atoms with E-state index in [1.54, 1.807) is 18.2 Å². The first kappa shape index (κ1) is 15.1. The van der Waals surface area contributed by atoms with Crippen LogP contribution in [-0.4, -0.2) is 11.0 Å². The van der Waals surface area contributed by atoms with Crippen molar-refractivity contribution in [2.45, 2.75) is 6.54 Å². The van der Waals surface area contributed by atoms with Crippen LogP contribution in [0.25, 0.3) is 0 Å². The Balaban J connectivity index is 2.13. The summed E-state index contributed by atoms with van der Waals surface area (Å²) < 4.78 is 26.1. The molecule has 7 heteroatoms. The monoisotopic (exact) mass is 311 g/mol. The molecule has 2 rings (SSSR count). The zero-order chi connectivity index (χ0) is 15.4. The maximum atomic E-state index is 13.1. The highest BCUT2D eigenvalue weighted by molar-refractivity contribution is 6.31. The number of hydrogen-bond acceptors (Lipinski definition) is 3. The van der Waals surface area contributed by atoms with E-state index in [0.717, 1.165) is 6.07 Å². The van der Waals surface area contributed by atoms with Crippen molar-refractivity contribution in [1.82, 2.24) is 0 Å². The third-order valence-electron chi connectivity index (χ3n) is 2.80. The van der Waals surface area contributed by atoms with Gasteiger partial charge in [-0.3, -0.25) is 0 Å². The van der Waals surface area contributed by atoms with E-state index in [0.29, 0.717) is 21.8 Å². The van der Waals surface area contributed by atoms with Crippen LogP contribution >= 0.6 is 11.6 Å². The quantitative estimate of drug-likeness (QED) is 0.351. The molecule has 0 saturated carbocycles. The van der Waals surface area contributed by atoms with Crippen molar-refractivity contribution in [2.75, 3.05) is 5.32 Å². The average molecular weight is 312 g/mol. The van der Waals surface area contributed by atoms with Crippen molar-refractivity contribution >= 4 is 23.1 Å². The standard InChI is InChI=1S/C14H12ClF2N3O/c15-13-3-8(14(18)20-21)1-2-9(13)7-19-12-5-10(16)4-11(17)6-12/h1-6,19,21H,7H2,(H2,18,20). The number of halogens is 3. The Morgan fingerprint density at radius 1 is 1.19 bits per heavy atom. The minimum absolute atomic E-state index is 0.0522. The fourth-order valence-corrected chi connectivity index (χ4v) is 2.01. The van der Waals surface area contributed by atoms with Gasteiger partial charge in [0.2, 0.25) is 0 Å². The first-order chi connectivity index (χ1) is 9.99. The SMILES string of the molecule is N/C(=N/O)c1ccc(CNc2cc(F)cc(F)c2)c(Cl)c1. The zero-order valence-electron chi connectivity index (χ0n) is 10.8. The second kappa shape index (κ2) is 6.41. The topological polar surface area (TPSA) is 70.6 Å². The molecule has 110 valence electrons. The predicted octanol–water partition coefficient (Wildman–Crippen LogP) is 3.32. The molecule has 0 aliphatic carbocycles. The van der Waals surface area contributed by atoms with Crippen LogP contribution in [0.2, 0.25) is 5.02 Å². The van der Waals surface area contributed by atoms with Crippen LogP contribution in [0.15, 0.2) is 41.6 Å². The summed E-state index contributed by atoms with van der Waals surface area (Å²) in [6.45, 7) is 0.276. The molecule has 0 radical (unpaired) electrons. The van der Waals surface area contributed by atoms with Gasteiger partial charge in [-0.2, -0.15) is 0 Å². The molecule has 2 aromatic rings. The maximum absolute atomic E-state index is 13.1. The van der Waals surface area contributed by atoms with E-state index in [9.17, 15) is 8.78 Å². The van der Waals surface area contributed by atoms with Gasteiger partial charge in [-0.25, -0.2) is 8.78 Å². The molecule has 0 spiro atoms. The summed E-state index contributed by atoms with van der Waals surface area (Å²) >= 11 is 6.08. The molecule has 0 fully saturated rings. The molecule has 0 heterocycles. The minimum atomic E-state index is -0.661. The highest BCUT2D eigenvalue weighted by Crippen LogP contribution is 2.20. The molecule has 0 saturated heterocycles. The molecule has 0 amide bonds. The van der Waals surface area contributed by atoms with Gasteiger partial charge in [0.15, 0.2) is 5.84 Å². The van der Waals surface area contributed by atoms with Crippen molar-refractivity contribution in [3.63, 3.8) is 0 Å². The molecule has 4 nitrogen and oxygen atoms in total. The van der Waals surface area contributed by atoms with Gasteiger partial charge in [0.25, 0.3) is 0 Å². The van der Waals surface area contributed by atoms with Crippen molar-refractivity contribution < 1.29 is 14.0 Å². The number of nitrogens with zero attached hydrogens (tertiary/aromatic N) is 1. The minimum Gasteiger partial charge on any atom is -0.409 e. The van der Waals surface area contributed by atoms with Crippen molar-refractivity contribution in [3.8, 4) is 0 Å². The van der Waals surface area contributed by atoms with Crippen LogP contribution in [0.1, 0.15) is 11.1 Å². The van der Waals surface area contributed by atoms with E-state index in [1.165, 1.54) is 12.1 Å². The number of nitrogens with one attached hydrogen (secondary N) is 1. The van der Waals surface area contributed by atoms with E-state index in [1.807, 2.05) is 0 Å². The molecule has 4 N–H and O–H groups in total. The maximum Gasteiger partial charge on any atom is 0.170 e. The van der Waals surface area contributed by atoms with Crippen molar-refractivity contribution in [2.24, 2.45) is 10.9 Å². The smallest absolute Gasteiger partial charge is 0.170 e. The highest BCUT2D eigenvalue weighted by atomic mass is 35.5. The second-order valence-electron chi connectivity index (χ2n) is 4.30. The largest absolute Gasteiger partial charge is 0.409 e. The van der Waals surface area contributed by atoms with Crippen LogP contribution in [0, 0.1) is 11.6 Å². The molecule has 2 aromatic carbocycles. The predicted molar refractivity (Wildman–Crippen MR) is 77.6 cm³/mol. The number of benzene rings is 2. The van der Waals surface area contributed by atoms with Gasteiger partial charge >= 0.3 is 0 Å². The number of nitrogens with two attached hydrogens (primary N) is 1. The van der Waals surface area contributed by atoms with Crippen LogP contribution in [0.4, 0.5) is 14.5 Å². The van der Waals surface area contributed by atoms with Crippen LogP contribution in [0.3, 0.4) is 0 Å². The first-order valence-electron chi connectivity index (χ1n) is 5.96. The van der Waals surface area contributed by atoms with E-state index in [-0.39, 0.29) is 12.4 Å². The molecule has 0 aliphatic rings. The summed E-state index contributed by atoms with van der Waals surface area (Å²) in [5, 5.41) is 14.7. The van der Waals surface area contributed by atoms with Crippen LogP contribution in [-0.2, 0) is 6.54 Å². The summed E-state index contributed by atoms with van der Waals surface area (Å²) in [6, 6.07) is 8.01. The molecular weight excluding hydrogens is 300 g/mol. The molecule has 0 unspecified atom stereocenters. The molecule has 0 aromatic heterocycles. The Bertz CT molecular complexity index is 672. The molecule has 21 heavy (non-hydrogen) atoms.